The molecule has 1 fully saturated rings. The first-order chi connectivity index (χ1) is 11.4. The molecule has 0 radical (unpaired) electrons. The number of hydrogen-bond donors (Lipinski definition) is 2. The predicted molar refractivity (Wildman–Crippen MR) is 98.7 cm³/mol. The Hall–Kier alpha value is -1.36. The van der Waals surface area contributed by atoms with Crippen molar-refractivity contribution in [3.8, 4) is 0 Å². The molecule has 138 valence electrons. The average molecular weight is 338 g/mol. The minimum atomic E-state index is -0.813. The van der Waals surface area contributed by atoms with Crippen LogP contribution in [0.2, 0.25) is 0 Å². The lowest BCUT2D eigenvalue weighted by Gasteiger charge is -2.46. The number of carbonyl (C=O) groups excluding carboxylic acids is 2. The summed E-state index contributed by atoms with van der Waals surface area (Å²) in [6, 6.07) is 0. The van der Waals surface area contributed by atoms with Crippen molar-refractivity contribution < 1.29 is 9.59 Å². The summed E-state index contributed by atoms with van der Waals surface area (Å²) in [5.74, 6) is 0.257. The minimum absolute atomic E-state index is 0.0264. The molecule has 1 rings (SSSR count). The molecule has 3 atom stereocenters. The van der Waals surface area contributed by atoms with Gasteiger partial charge in [-0.2, -0.15) is 0 Å². The van der Waals surface area contributed by atoms with Crippen LogP contribution in [0.15, 0.2) is 12.7 Å². The van der Waals surface area contributed by atoms with Crippen molar-refractivity contribution >= 4 is 11.8 Å². The standard InChI is InChI=1S/C19H35N3O2/c1-6-8-12-20-18(24)19(21-15(3)23)14-16(7-2)9-10-17(19)11-13-22(4)5/h7,16-17H,2,6,8-14H2,1,3-5H3,(H,20,24)(H,21,23)/t16-,17?,19?/m1/s1. The summed E-state index contributed by atoms with van der Waals surface area (Å²) in [6.45, 7) is 9.09. The van der Waals surface area contributed by atoms with Crippen molar-refractivity contribution in [1.82, 2.24) is 15.5 Å². The van der Waals surface area contributed by atoms with Crippen molar-refractivity contribution in [2.24, 2.45) is 11.8 Å². The van der Waals surface area contributed by atoms with Crippen LogP contribution in [-0.4, -0.2) is 49.4 Å². The number of allylic oxidation sites excluding steroid dienone is 1. The van der Waals surface area contributed by atoms with E-state index in [1.165, 1.54) is 6.92 Å². The van der Waals surface area contributed by atoms with E-state index in [9.17, 15) is 9.59 Å². The van der Waals surface area contributed by atoms with Crippen molar-refractivity contribution in [2.45, 2.75) is 57.9 Å². The van der Waals surface area contributed by atoms with Gasteiger partial charge in [0.15, 0.2) is 0 Å². The molecule has 0 spiro atoms. The number of rotatable bonds is 9. The molecule has 0 aromatic rings. The maximum atomic E-state index is 13.1. The van der Waals surface area contributed by atoms with Crippen LogP contribution >= 0.6 is 0 Å². The molecule has 0 bridgehead atoms. The zero-order valence-electron chi connectivity index (χ0n) is 15.9. The Labute approximate surface area is 147 Å². The maximum Gasteiger partial charge on any atom is 0.246 e. The smallest absolute Gasteiger partial charge is 0.246 e. The highest BCUT2D eigenvalue weighted by Crippen LogP contribution is 2.40. The van der Waals surface area contributed by atoms with E-state index >= 15 is 0 Å². The Morgan fingerprint density at radius 3 is 2.58 bits per heavy atom. The molecule has 24 heavy (non-hydrogen) atoms. The number of carbonyl (C=O) groups is 2. The number of hydrogen-bond acceptors (Lipinski definition) is 3. The zero-order valence-corrected chi connectivity index (χ0v) is 15.9. The topological polar surface area (TPSA) is 61.4 Å². The van der Waals surface area contributed by atoms with Crippen LogP contribution in [0.3, 0.4) is 0 Å². The number of amides is 2. The van der Waals surface area contributed by atoms with Gasteiger partial charge in [0, 0.05) is 13.5 Å². The minimum Gasteiger partial charge on any atom is -0.354 e. The number of unbranched alkanes of at least 4 members (excludes halogenated alkanes) is 1. The van der Waals surface area contributed by atoms with Gasteiger partial charge in [0.2, 0.25) is 11.8 Å². The fourth-order valence-electron chi connectivity index (χ4n) is 3.69. The van der Waals surface area contributed by atoms with Crippen molar-refractivity contribution in [2.75, 3.05) is 27.2 Å². The van der Waals surface area contributed by atoms with Gasteiger partial charge in [-0.05, 0) is 64.6 Å². The first kappa shape index (κ1) is 20.7. The predicted octanol–water partition coefficient (Wildman–Crippen LogP) is 2.33. The first-order valence-corrected chi connectivity index (χ1v) is 9.20. The lowest BCUT2D eigenvalue weighted by molar-refractivity contribution is -0.138. The number of nitrogens with zero attached hydrogens (tertiary/aromatic N) is 1. The molecule has 0 aliphatic heterocycles. The van der Waals surface area contributed by atoms with E-state index in [4.69, 9.17) is 0 Å². The molecule has 0 aromatic carbocycles. The third-order valence-electron chi connectivity index (χ3n) is 5.05. The van der Waals surface area contributed by atoms with E-state index in [0.717, 1.165) is 38.6 Å². The van der Waals surface area contributed by atoms with E-state index < -0.39 is 5.54 Å². The molecule has 1 aliphatic rings. The van der Waals surface area contributed by atoms with E-state index in [1.807, 2.05) is 20.2 Å². The molecule has 1 aliphatic carbocycles. The monoisotopic (exact) mass is 337 g/mol. The van der Waals surface area contributed by atoms with Crippen molar-refractivity contribution in [3.63, 3.8) is 0 Å². The van der Waals surface area contributed by atoms with Crippen LogP contribution in [0.4, 0.5) is 0 Å². The van der Waals surface area contributed by atoms with Gasteiger partial charge >= 0.3 is 0 Å². The SMILES string of the molecule is C=C[C@@H]1CCC(CCN(C)C)C(NC(C)=O)(C(=O)NCCCC)C1. The van der Waals surface area contributed by atoms with Crippen LogP contribution in [0.1, 0.15) is 52.4 Å². The summed E-state index contributed by atoms with van der Waals surface area (Å²) in [7, 11) is 4.08. The van der Waals surface area contributed by atoms with Gasteiger partial charge in [0.05, 0.1) is 0 Å². The van der Waals surface area contributed by atoms with E-state index in [2.05, 4.69) is 29.0 Å². The van der Waals surface area contributed by atoms with E-state index in [1.54, 1.807) is 0 Å². The Balaban J connectivity index is 3.04. The highest BCUT2D eigenvalue weighted by Gasteiger charge is 2.49. The molecule has 5 nitrogen and oxygen atoms in total. The molecule has 0 heterocycles. The summed E-state index contributed by atoms with van der Waals surface area (Å²) in [5, 5.41) is 6.10. The zero-order chi connectivity index (χ0) is 18.2. The van der Waals surface area contributed by atoms with Gasteiger partial charge in [-0.3, -0.25) is 9.59 Å². The molecule has 0 saturated heterocycles. The van der Waals surface area contributed by atoms with Gasteiger partial charge in [0.25, 0.3) is 0 Å². The van der Waals surface area contributed by atoms with Crippen LogP contribution < -0.4 is 10.6 Å². The summed E-state index contributed by atoms with van der Waals surface area (Å²) in [6.07, 6.45) is 7.43. The van der Waals surface area contributed by atoms with Crippen LogP contribution in [0, 0.1) is 11.8 Å². The Morgan fingerprint density at radius 1 is 1.33 bits per heavy atom. The molecule has 0 aromatic heterocycles. The Kier molecular flexibility index (Phi) is 8.46. The van der Waals surface area contributed by atoms with Crippen LogP contribution in [0.5, 0.6) is 0 Å². The average Bonchev–Trinajstić information content (AvgIpc) is 2.52. The fourth-order valence-corrected chi connectivity index (χ4v) is 3.69. The lowest BCUT2D eigenvalue weighted by atomic mass is 9.66. The molecule has 1 saturated carbocycles. The van der Waals surface area contributed by atoms with Crippen LogP contribution in [-0.2, 0) is 9.59 Å². The number of nitrogens with one attached hydrogen (secondary N) is 2. The first-order valence-electron chi connectivity index (χ1n) is 9.20. The molecular weight excluding hydrogens is 302 g/mol. The Bertz CT molecular complexity index is 436. The molecular formula is C19H35N3O2. The largest absolute Gasteiger partial charge is 0.354 e. The Morgan fingerprint density at radius 2 is 2.04 bits per heavy atom. The van der Waals surface area contributed by atoms with Gasteiger partial charge in [-0.25, -0.2) is 0 Å². The lowest BCUT2D eigenvalue weighted by Crippen LogP contribution is -2.65. The van der Waals surface area contributed by atoms with Crippen LogP contribution in [0.25, 0.3) is 0 Å². The molecule has 2 unspecified atom stereocenters. The maximum absolute atomic E-state index is 13.1. The quantitative estimate of drug-likeness (QED) is 0.501. The molecule has 2 N–H and O–H groups in total. The highest BCUT2D eigenvalue weighted by atomic mass is 16.2. The third kappa shape index (κ3) is 5.62. The molecule has 5 heteroatoms. The highest BCUT2D eigenvalue weighted by molar-refractivity contribution is 5.91. The fraction of sp³-hybridized carbons (Fsp3) is 0.789. The second kappa shape index (κ2) is 9.82. The summed E-state index contributed by atoms with van der Waals surface area (Å²) in [4.78, 5) is 27.1. The van der Waals surface area contributed by atoms with Gasteiger partial charge < -0.3 is 15.5 Å². The van der Waals surface area contributed by atoms with Crippen molar-refractivity contribution in [3.05, 3.63) is 12.7 Å². The van der Waals surface area contributed by atoms with Crippen molar-refractivity contribution in [1.29, 1.82) is 0 Å². The van der Waals surface area contributed by atoms with Gasteiger partial charge in [-0.1, -0.05) is 19.4 Å². The van der Waals surface area contributed by atoms with Gasteiger partial charge in [0.1, 0.15) is 5.54 Å². The second-order valence-corrected chi connectivity index (χ2v) is 7.33. The van der Waals surface area contributed by atoms with E-state index in [0.29, 0.717) is 13.0 Å². The van der Waals surface area contributed by atoms with Gasteiger partial charge in [-0.15, -0.1) is 6.58 Å². The third-order valence-corrected chi connectivity index (χ3v) is 5.05. The van der Waals surface area contributed by atoms with E-state index in [-0.39, 0.29) is 23.7 Å². The summed E-state index contributed by atoms with van der Waals surface area (Å²) < 4.78 is 0. The normalized spacial score (nSPS) is 26.9. The molecule has 2 amide bonds. The second-order valence-electron chi connectivity index (χ2n) is 7.33. The summed E-state index contributed by atoms with van der Waals surface area (Å²) >= 11 is 0. The summed E-state index contributed by atoms with van der Waals surface area (Å²) in [5.41, 5.74) is -0.813.